The molecule has 0 spiro atoms. The molecule has 1 amide bonds. The zero-order valence-corrected chi connectivity index (χ0v) is 17.8. The Labute approximate surface area is 179 Å². The van der Waals surface area contributed by atoms with Crippen molar-refractivity contribution in [1.29, 1.82) is 0 Å². The fraction of sp³-hybridized carbons (Fsp3) is 0.318. The van der Waals surface area contributed by atoms with Gasteiger partial charge < -0.3 is 9.88 Å². The molecule has 1 aliphatic rings. The lowest BCUT2D eigenvalue weighted by Crippen LogP contribution is -2.22. The van der Waals surface area contributed by atoms with Crippen LogP contribution in [0.5, 0.6) is 0 Å². The SMILES string of the molecule is CC(Sc1ccc(Cl)cc1)C(=O)Nc1cccc(-c2nnc3n2CCCCC3)c1. The average molecular weight is 427 g/mol. The van der Waals surface area contributed by atoms with E-state index in [2.05, 4.69) is 20.1 Å². The molecule has 29 heavy (non-hydrogen) atoms. The van der Waals surface area contributed by atoms with Crippen LogP contribution in [0.3, 0.4) is 0 Å². The number of rotatable bonds is 5. The number of carbonyl (C=O) groups excluding carboxylic acids is 1. The quantitative estimate of drug-likeness (QED) is 0.551. The van der Waals surface area contributed by atoms with Crippen molar-refractivity contribution in [1.82, 2.24) is 14.8 Å². The summed E-state index contributed by atoms with van der Waals surface area (Å²) in [6.07, 6.45) is 4.51. The van der Waals surface area contributed by atoms with Crippen LogP contribution in [-0.4, -0.2) is 25.9 Å². The van der Waals surface area contributed by atoms with Crippen molar-refractivity contribution in [3.63, 3.8) is 0 Å². The second kappa shape index (κ2) is 9.01. The zero-order chi connectivity index (χ0) is 20.2. The smallest absolute Gasteiger partial charge is 0.237 e. The minimum Gasteiger partial charge on any atom is -0.325 e. The minimum absolute atomic E-state index is 0.0397. The van der Waals surface area contributed by atoms with Crippen LogP contribution in [0.15, 0.2) is 53.4 Å². The fourth-order valence-corrected chi connectivity index (χ4v) is 4.44. The molecular weight excluding hydrogens is 404 g/mol. The summed E-state index contributed by atoms with van der Waals surface area (Å²) < 4.78 is 2.22. The molecule has 4 rings (SSSR count). The third-order valence-corrected chi connectivity index (χ3v) is 6.36. The third kappa shape index (κ3) is 4.82. The number of nitrogens with zero attached hydrogens (tertiary/aromatic N) is 3. The number of benzene rings is 2. The Morgan fingerprint density at radius 3 is 2.79 bits per heavy atom. The van der Waals surface area contributed by atoms with Gasteiger partial charge in [-0.15, -0.1) is 22.0 Å². The number of amides is 1. The fourth-order valence-electron chi connectivity index (χ4n) is 3.45. The Bertz CT molecular complexity index is 1000. The highest BCUT2D eigenvalue weighted by Gasteiger charge is 2.18. The Kier molecular flexibility index (Phi) is 6.21. The van der Waals surface area contributed by atoms with E-state index in [1.165, 1.54) is 18.2 Å². The van der Waals surface area contributed by atoms with Gasteiger partial charge in [-0.2, -0.15) is 0 Å². The highest BCUT2D eigenvalue weighted by Crippen LogP contribution is 2.27. The van der Waals surface area contributed by atoms with Crippen LogP contribution >= 0.6 is 23.4 Å². The van der Waals surface area contributed by atoms with Gasteiger partial charge in [-0.05, 0) is 56.2 Å². The summed E-state index contributed by atoms with van der Waals surface area (Å²) in [6.45, 7) is 2.85. The molecule has 0 bridgehead atoms. The van der Waals surface area contributed by atoms with Gasteiger partial charge in [0.1, 0.15) is 5.82 Å². The average Bonchev–Trinajstić information content (AvgIpc) is 2.98. The van der Waals surface area contributed by atoms with Gasteiger partial charge in [0.05, 0.1) is 5.25 Å². The first-order valence-electron chi connectivity index (χ1n) is 9.86. The van der Waals surface area contributed by atoms with Gasteiger partial charge in [-0.1, -0.05) is 30.2 Å². The van der Waals surface area contributed by atoms with Gasteiger partial charge in [0.25, 0.3) is 0 Å². The maximum Gasteiger partial charge on any atom is 0.237 e. The molecule has 0 saturated carbocycles. The van der Waals surface area contributed by atoms with E-state index in [1.54, 1.807) is 0 Å². The first kappa shape index (κ1) is 20.0. The molecule has 2 aromatic carbocycles. The molecule has 0 fully saturated rings. The van der Waals surface area contributed by atoms with Gasteiger partial charge in [0.15, 0.2) is 5.82 Å². The molecule has 1 atom stereocenters. The molecule has 150 valence electrons. The Morgan fingerprint density at radius 1 is 1.14 bits per heavy atom. The summed E-state index contributed by atoms with van der Waals surface area (Å²) in [5, 5.41) is 12.3. The standard InChI is InChI=1S/C22H23ClN4OS/c1-15(29-19-11-9-17(23)10-12-19)22(28)24-18-7-5-6-16(14-18)21-26-25-20-8-3-2-4-13-27(20)21/h5-7,9-12,14-15H,2-4,8,13H2,1H3,(H,24,28). The summed E-state index contributed by atoms with van der Waals surface area (Å²) in [7, 11) is 0. The van der Waals surface area contributed by atoms with Crippen molar-refractivity contribution in [3.05, 3.63) is 59.4 Å². The van der Waals surface area contributed by atoms with Crippen LogP contribution in [0.25, 0.3) is 11.4 Å². The van der Waals surface area contributed by atoms with Gasteiger partial charge in [-0.3, -0.25) is 4.79 Å². The molecule has 0 radical (unpaired) electrons. The summed E-state index contributed by atoms with van der Waals surface area (Å²) >= 11 is 7.43. The normalized spacial score (nSPS) is 14.7. The van der Waals surface area contributed by atoms with Crippen molar-refractivity contribution in [2.75, 3.05) is 5.32 Å². The highest BCUT2D eigenvalue weighted by atomic mass is 35.5. The van der Waals surface area contributed by atoms with Crippen LogP contribution in [0.1, 0.15) is 32.0 Å². The molecule has 1 aliphatic heterocycles. The lowest BCUT2D eigenvalue weighted by molar-refractivity contribution is -0.115. The summed E-state index contributed by atoms with van der Waals surface area (Å²) in [5.41, 5.74) is 1.74. The molecular formula is C22H23ClN4OS. The number of carbonyl (C=O) groups is 1. The zero-order valence-electron chi connectivity index (χ0n) is 16.3. The van der Waals surface area contributed by atoms with E-state index in [0.29, 0.717) is 5.02 Å². The van der Waals surface area contributed by atoms with E-state index in [-0.39, 0.29) is 11.2 Å². The van der Waals surface area contributed by atoms with Gasteiger partial charge in [0, 0.05) is 34.1 Å². The van der Waals surface area contributed by atoms with Crippen molar-refractivity contribution in [2.24, 2.45) is 0 Å². The number of thioether (sulfide) groups is 1. The number of hydrogen-bond donors (Lipinski definition) is 1. The second-order valence-corrected chi connectivity index (χ2v) is 9.04. The Morgan fingerprint density at radius 2 is 1.97 bits per heavy atom. The van der Waals surface area contributed by atoms with Crippen molar-refractivity contribution in [2.45, 2.75) is 49.3 Å². The Hall–Kier alpha value is -2.31. The molecule has 1 aromatic heterocycles. The van der Waals surface area contributed by atoms with E-state index in [4.69, 9.17) is 11.6 Å². The number of anilines is 1. The van der Waals surface area contributed by atoms with E-state index >= 15 is 0 Å². The predicted octanol–water partition coefficient (Wildman–Crippen LogP) is 5.44. The van der Waals surface area contributed by atoms with Crippen molar-refractivity contribution < 1.29 is 4.79 Å². The predicted molar refractivity (Wildman–Crippen MR) is 118 cm³/mol. The number of aromatic nitrogens is 3. The summed E-state index contributed by atoms with van der Waals surface area (Å²) in [5.74, 6) is 1.89. The molecule has 0 aliphatic carbocycles. The lowest BCUT2D eigenvalue weighted by Gasteiger charge is -2.13. The number of fused-ring (bicyclic) bond motifs is 1. The first-order valence-corrected chi connectivity index (χ1v) is 11.1. The van der Waals surface area contributed by atoms with Gasteiger partial charge in [0.2, 0.25) is 5.91 Å². The second-order valence-electron chi connectivity index (χ2n) is 7.19. The van der Waals surface area contributed by atoms with Gasteiger partial charge >= 0.3 is 0 Å². The van der Waals surface area contributed by atoms with Crippen LogP contribution in [0, 0.1) is 0 Å². The monoisotopic (exact) mass is 426 g/mol. The van der Waals surface area contributed by atoms with E-state index < -0.39 is 0 Å². The van der Waals surface area contributed by atoms with E-state index in [9.17, 15) is 4.79 Å². The van der Waals surface area contributed by atoms with Crippen molar-refractivity contribution in [3.8, 4) is 11.4 Å². The largest absolute Gasteiger partial charge is 0.325 e. The summed E-state index contributed by atoms with van der Waals surface area (Å²) in [4.78, 5) is 13.7. The number of aryl methyl sites for hydroxylation is 1. The van der Waals surface area contributed by atoms with E-state index in [0.717, 1.165) is 53.6 Å². The molecule has 7 heteroatoms. The molecule has 0 saturated heterocycles. The van der Waals surface area contributed by atoms with Crippen LogP contribution in [-0.2, 0) is 17.8 Å². The number of nitrogens with one attached hydrogen (secondary N) is 1. The minimum atomic E-state index is -0.232. The maximum atomic E-state index is 12.7. The molecule has 1 unspecified atom stereocenters. The van der Waals surface area contributed by atoms with Gasteiger partial charge in [-0.25, -0.2) is 0 Å². The van der Waals surface area contributed by atoms with Crippen LogP contribution in [0.4, 0.5) is 5.69 Å². The molecule has 3 aromatic rings. The lowest BCUT2D eigenvalue weighted by atomic mass is 10.2. The first-order chi connectivity index (χ1) is 14.1. The van der Waals surface area contributed by atoms with Crippen LogP contribution < -0.4 is 5.32 Å². The van der Waals surface area contributed by atoms with Crippen molar-refractivity contribution >= 4 is 35.0 Å². The highest BCUT2D eigenvalue weighted by molar-refractivity contribution is 8.00. The molecule has 2 heterocycles. The summed E-state index contributed by atoms with van der Waals surface area (Å²) in [6, 6.07) is 15.4. The molecule has 1 N–H and O–H groups in total. The van der Waals surface area contributed by atoms with E-state index in [1.807, 2.05) is 55.5 Å². The third-order valence-electron chi connectivity index (χ3n) is 4.99. The number of hydrogen-bond acceptors (Lipinski definition) is 4. The maximum absolute atomic E-state index is 12.7. The number of halogens is 1. The van der Waals surface area contributed by atoms with Crippen LogP contribution in [0.2, 0.25) is 5.02 Å². The topological polar surface area (TPSA) is 59.8 Å². The molecule has 5 nitrogen and oxygen atoms in total. The Balaban J connectivity index is 1.47.